The maximum Gasteiger partial charge on any atom is 0.194 e. The van der Waals surface area contributed by atoms with Crippen molar-refractivity contribution in [1.82, 2.24) is 25.0 Å². The zero-order chi connectivity index (χ0) is 16.9. The molecule has 0 amide bonds. The van der Waals surface area contributed by atoms with Gasteiger partial charge >= 0.3 is 0 Å². The molecule has 2 aromatic heterocycles. The summed E-state index contributed by atoms with van der Waals surface area (Å²) in [6.45, 7) is 5.15. The molecule has 8 heteroatoms. The van der Waals surface area contributed by atoms with Gasteiger partial charge in [0, 0.05) is 20.6 Å². The number of nitrogens with zero attached hydrogens (tertiary/aromatic N) is 5. The van der Waals surface area contributed by atoms with Crippen LogP contribution >= 0.6 is 0 Å². The average molecular weight is 320 g/mol. The van der Waals surface area contributed by atoms with Crippen LogP contribution in [0.2, 0.25) is 0 Å². The Balaban J connectivity index is 2.09. The van der Waals surface area contributed by atoms with Crippen LogP contribution in [0.1, 0.15) is 25.4 Å². The minimum absolute atomic E-state index is 0.187. The Labute approximate surface area is 135 Å². The lowest BCUT2D eigenvalue weighted by Gasteiger charge is -2.24. The molecule has 23 heavy (non-hydrogen) atoms. The number of hydrogen-bond acceptors (Lipinski definition) is 5. The van der Waals surface area contributed by atoms with Crippen LogP contribution in [0.3, 0.4) is 0 Å². The van der Waals surface area contributed by atoms with Crippen LogP contribution < -0.4 is 5.32 Å². The molecular weight excluding hydrogens is 296 g/mol. The van der Waals surface area contributed by atoms with Gasteiger partial charge in [-0.2, -0.15) is 5.10 Å². The molecule has 126 valence electrons. The summed E-state index contributed by atoms with van der Waals surface area (Å²) in [5.74, 6) is 2.01. The van der Waals surface area contributed by atoms with Crippen molar-refractivity contribution < 1.29 is 9.52 Å². The second-order valence-corrected chi connectivity index (χ2v) is 5.58. The third-order valence-corrected chi connectivity index (χ3v) is 3.47. The second-order valence-electron chi connectivity index (χ2n) is 5.58. The van der Waals surface area contributed by atoms with E-state index < -0.39 is 5.60 Å². The number of aliphatic imine (C=N–C) groups is 1. The lowest BCUT2D eigenvalue weighted by atomic mass is 10.0. The van der Waals surface area contributed by atoms with E-state index in [1.165, 1.54) is 6.33 Å². The number of nitrogens with one attached hydrogen (secondary N) is 1. The maximum atomic E-state index is 10.5. The van der Waals surface area contributed by atoms with E-state index in [9.17, 15) is 5.11 Å². The predicted molar refractivity (Wildman–Crippen MR) is 86.7 cm³/mol. The van der Waals surface area contributed by atoms with Gasteiger partial charge < -0.3 is 19.7 Å². The van der Waals surface area contributed by atoms with E-state index in [0.717, 1.165) is 12.4 Å². The van der Waals surface area contributed by atoms with Crippen LogP contribution in [-0.2, 0) is 19.2 Å². The predicted octanol–water partition coefficient (Wildman–Crippen LogP) is 0.713. The molecule has 2 heterocycles. The van der Waals surface area contributed by atoms with Crippen molar-refractivity contribution in [2.45, 2.75) is 26.0 Å². The third kappa shape index (κ3) is 4.32. The highest BCUT2D eigenvalue weighted by atomic mass is 16.4. The van der Waals surface area contributed by atoms with Crippen molar-refractivity contribution in [2.75, 3.05) is 20.1 Å². The molecule has 8 nitrogen and oxygen atoms in total. The molecule has 0 aliphatic rings. The van der Waals surface area contributed by atoms with Gasteiger partial charge in [-0.1, -0.05) is 0 Å². The summed E-state index contributed by atoms with van der Waals surface area (Å²) in [7, 11) is 3.76. The van der Waals surface area contributed by atoms with Crippen molar-refractivity contribution in [1.29, 1.82) is 0 Å². The van der Waals surface area contributed by atoms with Crippen molar-refractivity contribution in [3.05, 3.63) is 36.3 Å². The quantitative estimate of drug-likeness (QED) is 0.602. The summed E-state index contributed by atoms with van der Waals surface area (Å²) >= 11 is 0. The molecule has 2 aromatic rings. The van der Waals surface area contributed by atoms with Crippen molar-refractivity contribution in [3.63, 3.8) is 0 Å². The molecule has 0 bridgehead atoms. The molecule has 0 aliphatic carbocycles. The molecule has 0 saturated carbocycles. The van der Waals surface area contributed by atoms with Gasteiger partial charge in [-0.05, 0) is 26.0 Å². The molecule has 0 fully saturated rings. The molecule has 0 radical (unpaired) electrons. The van der Waals surface area contributed by atoms with Crippen LogP contribution in [0.4, 0.5) is 0 Å². The van der Waals surface area contributed by atoms with E-state index >= 15 is 0 Å². The monoisotopic (exact) mass is 320 g/mol. The molecule has 2 N–H and O–H groups in total. The minimum atomic E-state index is -1.16. The van der Waals surface area contributed by atoms with Crippen LogP contribution in [0.5, 0.6) is 0 Å². The van der Waals surface area contributed by atoms with Gasteiger partial charge in [-0.15, -0.1) is 0 Å². The summed E-state index contributed by atoms with van der Waals surface area (Å²) in [5, 5.41) is 17.8. The Morgan fingerprint density at radius 2 is 2.35 bits per heavy atom. The van der Waals surface area contributed by atoms with Gasteiger partial charge in [-0.25, -0.2) is 9.98 Å². The number of aryl methyl sites for hydroxylation is 1. The Kier molecular flexibility index (Phi) is 5.38. The van der Waals surface area contributed by atoms with Gasteiger partial charge in [0.15, 0.2) is 5.96 Å². The second kappa shape index (κ2) is 7.28. The first-order valence-electron chi connectivity index (χ1n) is 7.52. The van der Waals surface area contributed by atoms with Crippen LogP contribution in [0.25, 0.3) is 0 Å². The molecule has 0 spiro atoms. The highest BCUT2D eigenvalue weighted by molar-refractivity contribution is 5.79. The zero-order valence-electron chi connectivity index (χ0n) is 14.0. The van der Waals surface area contributed by atoms with Crippen molar-refractivity contribution in [2.24, 2.45) is 12.0 Å². The summed E-state index contributed by atoms with van der Waals surface area (Å²) < 4.78 is 7.00. The van der Waals surface area contributed by atoms with E-state index in [1.54, 1.807) is 30.0 Å². The minimum Gasteiger partial charge on any atom is -0.466 e. The fourth-order valence-corrected chi connectivity index (χ4v) is 2.11. The molecule has 0 aromatic carbocycles. The SMILES string of the molecule is CCNC(=NCC(C)(O)c1ccco1)N(C)Cc1ncnn1C. The van der Waals surface area contributed by atoms with E-state index in [-0.39, 0.29) is 6.54 Å². The summed E-state index contributed by atoms with van der Waals surface area (Å²) in [5.41, 5.74) is -1.16. The van der Waals surface area contributed by atoms with Gasteiger partial charge in [0.05, 0.1) is 19.4 Å². The van der Waals surface area contributed by atoms with Gasteiger partial charge in [-0.3, -0.25) is 4.68 Å². The highest BCUT2D eigenvalue weighted by Gasteiger charge is 2.26. The highest BCUT2D eigenvalue weighted by Crippen LogP contribution is 2.21. The summed E-state index contributed by atoms with van der Waals surface area (Å²) in [6.07, 6.45) is 3.06. The lowest BCUT2D eigenvalue weighted by molar-refractivity contribution is 0.0435. The van der Waals surface area contributed by atoms with Gasteiger partial charge in [0.1, 0.15) is 23.5 Å². The van der Waals surface area contributed by atoms with Crippen LogP contribution in [0.15, 0.2) is 34.1 Å². The van der Waals surface area contributed by atoms with Crippen molar-refractivity contribution >= 4 is 5.96 Å². The Bertz CT molecular complexity index is 632. The van der Waals surface area contributed by atoms with Crippen molar-refractivity contribution in [3.8, 4) is 0 Å². The smallest absolute Gasteiger partial charge is 0.194 e. The maximum absolute atomic E-state index is 10.5. The lowest BCUT2D eigenvalue weighted by Crippen LogP contribution is -2.40. The third-order valence-electron chi connectivity index (χ3n) is 3.47. The first-order valence-corrected chi connectivity index (χ1v) is 7.52. The topological polar surface area (TPSA) is 91.7 Å². The summed E-state index contributed by atoms with van der Waals surface area (Å²) in [6, 6.07) is 3.49. The fourth-order valence-electron chi connectivity index (χ4n) is 2.11. The average Bonchev–Trinajstić information content (AvgIpc) is 3.16. The molecule has 0 aliphatic heterocycles. The number of rotatable bonds is 6. The number of hydrogen-bond donors (Lipinski definition) is 2. The molecular formula is C15H24N6O2. The normalized spacial score (nSPS) is 14.6. The van der Waals surface area contributed by atoms with Crippen LogP contribution in [0, 0.1) is 0 Å². The van der Waals surface area contributed by atoms with E-state index in [0.29, 0.717) is 18.3 Å². The molecule has 0 saturated heterocycles. The Hall–Kier alpha value is -2.35. The molecule has 1 atom stereocenters. The van der Waals surface area contributed by atoms with Crippen LogP contribution in [-0.4, -0.2) is 50.9 Å². The standard InChI is InChI=1S/C15H24N6O2/c1-5-16-14(20(3)9-13-18-11-19-21(13)4)17-10-15(2,22)12-7-6-8-23-12/h6-8,11,22H,5,9-10H2,1-4H3,(H,16,17). The van der Waals surface area contributed by atoms with Gasteiger partial charge in [0.2, 0.25) is 0 Å². The fraction of sp³-hybridized carbons (Fsp3) is 0.533. The first kappa shape index (κ1) is 17.0. The number of aliphatic hydroxyl groups is 1. The summed E-state index contributed by atoms with van der Waals surface area (Å²) in [4.78, 5) is 10.7. The van der Waals surface area contributed by atoms with E-state index in [4.69, 9.17) is 4.42 Å². The largest absolute Gasteiger partial charge is 0.466 e. The van der Waals surface area contributed by atoms with E-state index in [2.05, 4.69) is 20.4 Å². The van der Waals surface area contributed by atoms with Gasteiger partial charge in [0.25, 0.3) is 0 Å². The molecule has 1 unspecified atom stereocenters. The van der Waals surface area contributed by atoms with E-state index in [1.807, 2.05) is 25.9 Å². The molecule has 2 rings (SSSR count). The number of furan rings is 1. The number of guanidine groups is 1. The first-order chi connectivity index (χ1) is 10.9. The Morgan fingerprint density at radius 1 is 1.57 bits per heavy atom. The Morgan fingerprint density at radius 3 is 2.91 bits per heavy atom. The number of aromatic nitrogens is 3. The zero-order valence-corrected chi connectivity index (χ0v) is 14.0.